The number of hydrogen-bond donors (Lipinski definition) is 1. The molecule has 3 aromatic carbocycles. The first-order chi connectivity index (χ1) is 18.6. The van der Waals surface area contributed by atoms with Crippen molar-refractivity contribution in [3.63, 3.8) is 0 Å². The maximum absolute atomic E-state index is 12.6. The van der Waals surface area contributed by atoms with Gasteiger partial charge in [0.05, 0.1) is 40.4 Å². The molecule has 4 aromatic rings. The van der Waals surface area contributed by atoms with E-state index in [9.17, 15) is 4.79 Å². The predicted molar refractivity (Wildman–Crippen MR) is 146 cm³/mol. The number of methoxy groups -OCH3 is 4. The van der Waals surface area contributed by atoms with Gasteiger partial charge in [0, 0.05) is 16.8 Å². The average Bonchev–Trinajstić information content (AvgIpc) is 3.40. The third-order valence-electron chi connectivity index (χ3n) is 5.47. The molecule has 1 aromatic heterocycles. The van der Waals surface area contributed by atoms with Crippen LogP contribution in [0.15, 0.2) is 77.0 Å². The largest absolute Gasteiger partial charge is 0.497 e. The zero-order chi connectivity index (χ0) is 26.9. The monoisotopic (exact) mass is 533 g/mol. The summed E-state index contributed by atoms with van der Waals surface area (Å²) < 4.78 is 23.0. The van der Waals surface area contributed by atoms with Gasteiger partial charge in [-0.25, -0.2) is 5.43 Å². The second-order valence-electron chi connectivity index (χ2n) is 7.76. The summed E-state index contributed by atoms with van der Waals surface area (Å²) in [5, 5.41) is 13.4. The van der Waals surface area contributed by atoms with Gasteiger partial charge in [-0.1, -0.05) is 11.8 Å². The maximum Gasteiger partial charge on any atom is 0.250 e. The van der Waals surface area contributed by atoms with Crippen LogP contribution in [0.5, 0.6) is 23.0 Å². The minimum atomic E-state index is -0.302. The first-order valence-electron chi connectivity index (χ1n) is 11.5. The van der Waals surface area contributed by atoms with Crippen molar-refractivity contribution in [2.45, 2.75) is 5.16 Å². The minimum Gasteiger partial charge on any atom is -0.497 e. The van der Waals surface area contributed by atoms with E-state index in [1.54, 1.807) is 46.6 Å². The van der Waals surface area contributed by atoms with Gasteiger partial charge >= 0.3 is 0 Å². The number of benzene rings is 3. The lowest BCUT2D eigenvalue weighted by Crippen LogP contribution is -2.20. The summed E-state index contributed by atoms with van der Waals surface area (Å²) >= 11 is 1.25. The molecule has 4 rings (SSSR count). The van der Waals surface area contributed by atoms with Crippen molar-refractivity contribution in [1.82, 2.24) is 20.2 Å². The molecule has 0 aliphatic carbocycles. The number of carbonyl (C=O) groups excluding carboxylic acids is 1. The number of hydrogen-bond acceptors (Lipinski definition) is 9. The molecular formula is C27H27N5O5S. The quantitative estimate of drug-likeness (QED) is 0.174. The van der Waals surface area contributed by atoms with Crippen LogP contribution < -0.4 is 24.4 Å². The van der Waals surface area contributed by atoms with Crippen molar-refractivity contribution in [2.24, 2.45) is 5.10 Å². The number of amides is 1. The molecule has 0 saturated heterocycles. The molecule has 0 spiro atoms. The SMILES string of the molecule is COc1ccc(-c2nnc(SCC(=O)NN=Cc3cc(OC)ccc3OC)n2-c2ccc(OC)cc2)cc1. The van der Waals surface area contributed by atoms with Gasteiger partial charge in [0.15, 0.2) is 11.0 Å². The van der Waals surface area contributed by atoms with Gasteiger partial charge in [-0.2, -0.15) is 5.10 Å². The number of nitrogens with one attached hydrogen (secondary N) is 1. The second-order valence-corrected chi connectivity index (χ2v) is 8.70. The third-order valence-corrected chi connectivity index (χ3v) is 6.40. The van der Waals surface area contributed by atoms with Crippen LogP contribution in [0.2, 0.25) is 0 Å². The van der Waals surface area contributed by atoms with Crippen LogP contribution in [-0.4, -0.2) is 61.1 Å². The second kappa shape index (κ2) is 12.6. The highest BCUT2D eigenvalue weighted by Gasteiger charge is 2.17. The van der Waals surface area contributed by atoms with E-state index in [1.807, 2.05) is 53.1 Å². The zero-order valence-electron chi connectivity index (χ0n) is 21.4. The van der Waals surface area contributed by atoms with Crippen LogP contribution in [0.25, 0.3) is 17.1 Å². The summed E-state index contributed by atoms with van der Waals surface area (Å²) in [6, 6.07) is 20.4. The summed E-state index contributed by atoms with van der Waals surface area (Å²) in [5.41, 5.74) is 4.89. The Morgan fingerprint density at radius 2 is 1.50 bits per heavy atom. The van der Waals surface area contributed by atoms with Gasteiger partial charge in [-0.15, -0.1) is 10.2 Å². The molecule has 0 radical (unpaired) electrons. The van der Waals surface area contributed by atoms with E-state index in [4.69, 9.17) is 18.9 Å². The number of thioether (sulfide) groups is 1. The first-order valence-corrected chi connectivity index (χ1v) is 12.5. The van der Waals surface area contributed by atoms with Crippen LogP contribution in [0.3, 0.4) is 0 Å². The van der Waals surface area contributed by atoms with E-state index in [0.29, 0.717) is 28.0 Å². The summed E-state index contributed by atoms with van der Waals surface area (Å²) in [6.45, 7) is 0. The molecule has 1 N–H and O–H groups in total. The number of aromatic nitrogens is 3. The predicted octanol–water partition coefficient (Wildman–Crippen LogP) is 4.21. The van der Waals surface area contributed by atoms with Crippen LogP contribution >= 0.6 is 11.8 Å². The molecule has 0 aliphatic heterocycles. The Hall–Kier alpha value is -4.51. The molecule has 0 atom stereocenters. The number of carbonyl (C=O) groups is 1. The number of hydrazone groups is 1. The lowest BCUT2D eigenvalue weighted by Gasteiger charge is -2.11. The molecule has 1 amide bonds. The third kappa shape index (κ3) is 6.24. The van der Waals surface area contributed by atoms with Gasteiger partial charge in [-0.3, -0.25) is 9.36 Å². The van der Waals surface area contributed by atoms with Crippen molar-refractivity contribution in [3.05, 3.63) is 72.3 Å². The smallest absolute Gasteiger partial charge is 0.250 e. The Kier molecular flexibility index (Phi) is 8.83. The summed E-state index contributed by atoms with van der Waals surface area (Å²) in [5.74, 6) is 3.13. The molecule has 1 heterocycles. The van der Waals surface area contributed by atoms with E-state index >= 15 is 0 Å². The van der Waals surface area contributed by atoms with E-state index < -0.39 is 0 Å². The topological polar surface area (TPSA) is 109 Å². The molecule has 10 nitrogen and oxygen atoms in total. The minimum absolute atomic E-state index is 0.0729. The Morgan fingerprint density at radius 1 is 0.868 bits per heavy atom. The van der Waals surface area contributed by atoms with Crippen molar-refractivity contribution >= 4 is 23.9 Å². The Labute approximate surface area is 224 Å². The van der Waals surface area contributed by atoms with Gasteiger partial charge in [0.1, 0.15) is 23.0 Å². The number of rotatable bonds is 11. The fourth-order valence-corrected chi connectivity index (χ4v) is 4.28. The van der Waals surface area contributed by atoms with E-state index in [2.05, 4.69) is 20.7 Å². The fraction of sp³-hybridized carbons (Fsp3) is 0.185. The summed E-state index contributed by atoms with van der Waals surface area (Å²) in [6.07, 6.45) is 1.51. The van der Waals surface area contributed by atoms with Gasteiger partial charge in [0.25, 0.3) is 5.91 Å². The zero-order valence-corrected chi connectivity index (χ0v) is 22.2. The maximum atomic E-state index is 12.6. The Balaban J connectivity index is 1.52. The van der Waals surface area contributed by atoms with Crippen molar-refractivity contribution in [2.75, 3.05) is 34.2 Å². The van der Waals surface area contributed by atoms with Crippen LogP contribution in [-0.2, 0) is 4.79 Å². The molecule has 0 fully saturated rings. The van der Waals surface area contributed by atoms with Crippen molar-refractivity contribution < 1.29 is 23.7 Å². The molecule has 11 heteroatoms. The Morgan fingerprint density at radius 3 is 2.13 bits per heavy atom. The fourth-order valence-electron chi connectivity index (χ4n) is 3.53. The summed E-state index contributed by atoms with van der Waals surface area (Å²) in [4.78, 5) is 12.6. The van der Waals surface area contributed by atoms with Gasteiger partial charge < -0.3 is 18.9 Å². The van der Waals surface area contributed by atoms with Crippen molar-refractivity contribution in [3.8, 4) is 40.1 Å². The average molecular weight is 534 g/mol. The van der Waals surface area contributed by atoms with Crippen LogP contribution in [0, 0.1) is 0 Å². The van der Waals surface area contributed by atoms with Crippen molar-refractivity contribution in [1.29, 1.82) is 0 Å². The highest BCUT2D eigenvalue weighted by Crippen LogP contribution is 2.30. The van der Waals surface area contributed by atoms with Crippen LogP contribution in [0.4, 0.5) is 0 Å². The standard InChI is InChI=1S/C27H27N5O5S/c1-34-21-9-5-18(6-10-21)26-30-31-27(32(26)20-7-11-22(35-2)12-8-20)38-17-25(33)29-28-16-19-15-23(36-3)13-14-24(19)37-4/h5-16H,17H2,1-4H3,(H,29,33). The van der Waals surface area contributed by atoms with Crippen LogP contribution in [0.1, 0.15) is 5.56 Å². The molecule has 196 valence electrons. The molecule has 0 unspecified atom stereocenters. The number of nitrogens with zero attached hydrogens (tertiary/aromatic N) is 4. The molecule has 0 saturated carbocycles. The molecule has 0 bridgehead atoms. The highest BCUT2D eigenvalue weighted by molar-refractivity contribution is 7.99. The first kappa shape index (κ1) is 26.6. The molecular weight excluding hydrogens is 506 g/mol. The normalized spacial score (nSPS) is 10.8. The van der Waals surface area contributed by atoms with E-state index in [-0.39, 0.29) is 11.7 Å². The lowest BCUT2D eigenvalue weighted by atomic mass is 10.2. The van der Waals surface area contributed by atoms with E-state index in [1.165, 1.54) is 18.0 Å². The Bertz CT molecular complexity index is 1400. The van der Waals surface area contributed by atoms with Gasteiger partial charge in [-0.05, 0) is 66.7 Å². The molecule has 0 aliphatic rings. The number of ether oxygens (including phenoxy) is 4. The summed E-state index contributed by atoms with van der Waals surface area (Å²) in [7, 11) is 6.37. The lowest BCUT2D eigenvalue weighted by molar-refractivity contribution is -0.118. The van der Waals surface area contributed by atoms with Gasteiger partial charge in [0.2, 0.25) is 0 Å². The van der Waals surface area contributed by atoms with E-state index in [0.717, 1.165) is 22.7 Å². The highest BCUT2D eigenvalue weighted by atomic mass is 32.2. The molecule has 38 heavy (non-hydrogen) atoms.